The number of halogens is 1. The molecule has 1 rings (SSSR count). The van der Waals surface area contributed by atoms with Crippen LogP contribution in [-0.4, -0.2) is 16.4 Å². The van der Waals surface area contributed by atoms with Crippen LogP contribution in [-0.2, 0) is 0 Å². The first-order valence-corrected chi connectivity index (χ1v) is 6.04. The maximum atomic E-state index is 12.0. The van der Waals surface area contributed by atoms with Gasteiger partial charge in [-0.1, -0.05) is 31.4 Å². The van der Waals surface area contributed by atoms with Gasteiger partial charge in [-0.2, -0.15) is 0 Å². The number of hydrogen-bond donors (Lipinski definition) is 2. The minimum Gasteiger partial charge on any atom is -0.336 e. The van der Waals surface area contributed by atoms with Crippen molar-refractivity contribution < 1.29 is 4.79 Å². The Hall–Kier alpha value is -1.73. The molecule has 0 aliphatic rings. The zero-order valence-electron chi connectivity index (χ0n) is 10.3. The van der Waals surface area contributed by atoms with Gasteiger partial charge in [0, 0.05) is 6.20 Å². The summed E-state index contributed by atoms with van der Waals surface area (Å²) in [5.41, 5.74) is -0.816. The molecule has 1 aromatic rings. The highest BCUT2D eigenvalue weighted by atomic mass is 35.5. The molecule has 0 spiro atoms. The van der Waals surface area contributed by atoms with E-state index >= 15 is 0 Å². The van der Waals surface area contributed by atoms with E-state index in [4.69, 9.17) is 18.0 Å². The van der Waals surface area contributed by atoms with Crippen molar-refractivity contribution in [2.24, 2.45) is 0 Å². The Morgan fingerprint density at radius 3 is 2.61 bits per heavy atom. The number of aromatic nitrogens is 1. The lowest BCUT2D eigenvalue weighted by atomic mass is 9.93. The van der Waals surface area contributed by atoms with Crippen LogP contribution in [0, 0.1) is 12.3 Å². The van der Waals surface area contributed by atoms with Crippen LogP contribution in [0.3, 0.4) is 0 Å². The van der Waals surface area contributed by atoms with Gasteiger partial charge in [0.2, 0.25) is 0 Å². The average Bonchev–Trinajstić information content (AvgIpc) is 2.39. The lowest BCUT2D eigenvalue weighted by Gasteiger charge is -2.27. The molecule has 1 amide bonds. The fraction of sp³-hybridized carbons (Fsp3) is 0.385. The first-order chi connectivity index (χ1) is 8.48. The van der Waals surface area contributed by atoms with Gasteiger partial charge in [-0.25, -0.2) is 0 Å². The predicted octanol–water partition coefficient (Wildman–Crippen LogP) is 1.95. The normalized spacial score (nSPS) is 10.8. The second-order valence-electron chi connectivity index (χ2n) is 3.95. The van der Waals surface area contributed by atoms with Crippen molar-refractivity contribution in [3.8, 4) is 12.3 Å². The monoisotopic (exact) mass is 266 g/mol. The average molecular weight is 267 g/mol. The van der Waals surface area contributed by atoms with Gasteiger partial charge in [0.05, 0.1) is 5.56 Å². The molecule has 0 saturated carbocycles. The van der Waals surface area contributed by atoms with Crippen molar-refractivity contribution >= 4 is 17.5 Å². The van der Waals surface area contributed by atoms with E-state index in [2.05, 4.69) is 16.2 Å². The van der Waals surface area contributed by atoms with Crippen LogP contribution in [0.5, 0.6) is 0 Å². The number of terminal acetylenes is 1. The molecule has 5 heteroatoms. The third-order valence-electron chi connectivity index (χ3n) is 2.96. The van der Waals surface area contributed by atoms with Crippen LogP contribution in [0.25, 0.3) is 0 Å². The van der Waals surface area contributed by atoms with Gasteiger partial charge in [-0.05, 0) is 18.9 Å². The summed E-state index contributed by atoms with van der Waals surface area (Å²) in [4.78, 5) is 25.5. The SMILES string of the molecule is C#CC(CC)(CC)NC(=O)c1c[nH]c(=O)c(Cl)c1. The molecule has 0 radical (unpaired) electrons. The van der Waals surface area contributed by atoms with Gasteiger partial charge >= 0.3 is 0 Å². The van der Waals surface area contributed by atoms with E-state index in [1.165, 1.54) is 12.3 Å². The van der Waals surface area contributed by atoms with Crippen LogP contribution >= 0.6 is 11.6 Å². The highest BCUT2D eigenvalue weighted by Gasteiger charge is 2.26. The molecule has 0 fully saturated rings. The first kappa shape index (κ1) is 14.3. The second kappa shape index (κ2) is 5.74. The van der Waals surface area contributed by atoms with E-state index in [0.29, 0.717) is 12.8 Å². The Balaban J connectivity index is 2.98. The summed E-state index contributed by atoms with van der Waals surface area (Å²) in [7, 11) is 0. The molecule has 0 aromatic carbocycles. The molecule has 0 aliphatic heterocycles. The number of nitrogens with one attached hydrogen (secondary N) is 2. The smallest absolute Gasteiger partial charge is 0.266 e. The van der Waals surface area contributed by atoms with E-state index in [1.807, 2.05) is 13.8 Å². The largest absolute Gasteiger partial charge is 0.336 e. The molecule has 1 aromatic heterocycles. The standard InChI is InChI=1S/C13H15ClN2O2/c1-4-13(5-2,6-3)16-11(17)9-7-10(14)12(18)15-8-9/h1,7-8H,5-6H2,2-3H3,(H,15,18)(H,16,17). The number of H-pyrrole nitrogens is 1. The van der Waals surface area contributed by atoms with Crippen molar-refractivity contribution in [3.63, 3.8) is 0 Å². The third-order valence-corrected chi connectivity index (χ3v) is 3.24. The molecule has 4 nitrogen and oxygen atoms in total. The zero-order valence-corrected chi connectivity index (χ0v) is 11.1. The highest BCUT2D eigenvalue weighted by molar-refractivity contribution is 6.30. The second-order valence-corrected chi connectivity index (χ2v) is 4.36. The van der Waals surface area contributed by atoms with Gasteiger partial charge in [-0.15, -0.1) is 6.42 Å². The number of hydrogen-bond acceptors (Lipinski definition) is 2. The van der Waals surface area contributed by atoms with Gasteiger partial charge in [0.25, 0.3) is 11.5 Å². The predicted molar refractivity (Wildman–Crippen MR) is 71.7 cm³/mol. The Morgan fingerprint density at radius 1 is 1.56 bits per heavy atom. The summed E-state index contributed by atoms with van der Waals surface area (Å²) in [6, 6.07) is 1.32. The van der Waals surface area contributed by atoms with Crippen LogP contribution in [0.4, 0.5) is 0 Å². The van der Waals surface area contributed by atoms with E-state index in [-0.39, 0.29) is 16.5 Å². The fourth-order valence-corrected chi connectivity index (χ4v) is 1.72. The number of amides is 1. The molecule has 0 saturated heterocycles. The van der Waals surface area contributed by atoms with Crippen molar-refractivity contribution in [2.75, 3.05) is 0 Å². The maximum absolute atomic E-state index is 12.0. The lowest BCUT2D eigenvalue weighted by Crippen LogP contribution is -2.46. The summed E-state index contributed by atoms with van der Waals surface area (Å²) >= 11 is 5.67. The molecule has 0 atom stereocenters. The summed E-state index contributed by atoms with van der Waals surface area (Å²) in [6.45, 7) is 3.81. The van der Waals surface area contributed by atoms with E-state index in [1.54, 1.807) is 0 Å². The molecule has 96 valence electrons. The lowest BCUT2D eigenvalue weighted by molar-refractivity contribution is 0.0916. The van der Waals surface area contributed by atoms with Crippen LogP contribution in [0.2, 0.25) is 5.02 Å². The summed E-state index contributed by atoms with van der Waals surface area (Å²) < 4.78 is 0. The first-order valence-electron chi connectivity index (χ1n) is 5.66. The van der Waals surface area contributed by atoms with E-state index in [0.717, 1.165) is 0 Å². The molecular weight excluding hydrogens is 252 g/mol. The Kier molecular flexibility index (Phi) is 4.57. The van der Waals surface area contributed by atoms with Crippen molar-refractivity contribution in [2.45, 2.75) is 32.2 Å². The van der Waals surface area contributed by atoms with Crippen LogP contribution in [0.1, 0.15) is 37.0 Å². The van der Waals surface area contributed by atoms with E-state index in [9.17, 15) is 9.59 Å². The van der Waals surface area contributed by atoms with Gasteiger partial charge in [-0.3, -0.25) is 9.59 Å². The summed E-state index contributed by atoms with van der Waals surface area (Å²) in [5, 5.41) is 2.76. The van der Waals surface area contributed by atoms with Gasteiger partial charge in [0.15, 0.2) is 0 Å². The molecule has 18 heavy (non-hydrogen) atoms. The number of aromatic amines is 1. The van der Waals surface area contributed by atoms with Gasteiger partial charge < -0.3 is 10.3 Å². The molecule has 0 aliphatic carbocycles. The quantitative estimate of drug-likeness (QED) is 0.819. The Morgan fingerprint density at radius 2 is 2.17 bits per heavy atom. The van der Waals surface area contributed by atoms with Crippen molar-refractivity contribution in [1.29, 1.82) is 0 Å². The van der Waals surface area contributed by atoms with Gasteiger partial charge in [0.1, 0.15) is 10.6 Å². The minimum absolute atomic E-state index is 0.0260. The van der Waals surface area contributed by atoms with Crippen LogP contribution in [0.15, 0.2) is 17.1 Å². The topological polar surface area (TPSA) is 62.0 Å². The zero-order chi connectivity index (χ0) is 13.8. The molecule has 1 heterocycles. The fourth-order valence-electron chi connectivity index (χ4n) is 1.54. The molecule has 0 unspecified atom stereocenters. The van der Waals surface area contributed by atoms with Crippen LogP contribution < -0.4 is 10.9 Å². The Labute approximate surface area is 111 Å². The maximum Gasteiger partial charge on any atom is 0.266 e. The van der Waals surface area contributed by atoms with E-state index < -0.39 is 11.1 Å². The van der Waals surface area contributed by atoms with Crippen molar-refractivity contribution in [3.05, 3.63) is 33.2 Å². The molecule has 0 bridgehead atoms. The number of carbonyl (C=O) groups excluding carboxylic acids is 1. The van der Waals surface area contributed by atoms with Crippen molar-refractivity contribution in [1.82, 2.24) is 10.3 Å². The number of carbonyl (C=O) groups is 1. The molecule has 2 N–H and O–H groups in total. The third kappa shape index (κ3) is 2.93. The summed E-state index contributed by atoms with van der Waals surface area (Å²) in [6.07, 6.45) is 8.03. The highest BCUT2D eigenvalue weighted by Crippen LogP contribution is 2.15. The minimum atomic E-state index is -0.667. The number of rotatable bonds is 4. The molecular formula is C13H15ClN2O2. The Bertz CT molecular complexity index is 539. The number of pyridine rings is 1. The summed E-state index contributed by atoms with van der Waals surface area (Å²) in [5.74, 6) is 2.25.